The number of carbonyl (C=O) groups is 2. The maximum atomic E-state index is 12.1. The fraction of sp³-hybridized carbons (Fsp3) is 0.818. The molecule has 1 unspecified atom stereocenters. The minimum Gasteiger partial charge on any atom is -0.377 e. The van der Waals surface area contributed by atoms with E-state index in [0.29, 0.717) is 19.6 Å². The third kappa shape index (κ3) is 3.41. The van der Waals surface area contributed by atoms with E-state index in [1.807, 2.05) is 6.92 Å². The van der Waals surface area contributed by atoms with Crippen molar-refractivity contribution in [2.24, 2.45) is 5.73 Å². The van der Waals surface area contributed by atoms with E-state index in [2.05, 4.69) is 5.32 Å². The zero-order valence-electron chi connectivity index (χ0n) is 10.4. The predicted octanol–water partition coefficient (Wildman–Crippen LogP) is -0.913. The van der Waals surface area contributed by atoms with Gasteiger partial charge in [-0.3, -0.25) is 9.59 Å². The second kappa shape index (κ2) is 6.56. The van der Waals surface area contributed by atoms with E-state index in [1.165, 1.54) is 4.90 Å². The van der Waals surface area contributed by atoms with E-state index in [1.54, 1.807) is 7.05 Å². The van der Waals surface area contributed by atoms with Gasteiger partial charge >= 0.3 is 0 Å². The molecule has 2 atom stereocenters. The summed E-state index contributed by atoms with van der Waals surface area (Å²) in [5.41, 5.74) is 5.80. The summed E-state index contributed by atoms with van der Waals surface area (Å²) in [5.74, 6) is -0.370. The topological polar surface area (TPSA) is 84.7 Å². The van der Waals surface area contributed by atoms with Crippen LogP contribution in [0.5, 0.6) is 0 Å². The first kappa shape index (κ1) is 13.9. The molecule has 0 aromatic rings. The third-order valence-corrected chi connectivity index (χ3v) is 2.88. The Kier molecular flexibility index (Phi) is 5.37. The van der Waals surface area contributed by atoms with Crippen molar-refractivity contribution in [2.45, 2.75) is 31.8 Å². The number of nitrogens with zero attached hydrogens (tertiary/aromatic N) is 1. The smallest absolute Gasteiger partial charge is 0.244 e. The molecule has 1 aliphatic heterocycles. The molecular formula is C11H21N3O3. The molecule has 1 fully saturated rings. The number of rotatable bonds is 4. The number of amides is 2. The van der Waals surface area contributed by atoms with Gasteiger partial charge in [0.15, 0.2) is 0 Å². The second-order valence-electron chi connectivity index (χ2n) is 4.13. The average Bonchev–Trinajstić information content (AvgIpc) is 2.37. The molecule has 0 aliphatic carbocycles. The van der Waals surface area contributed by atoms with Crippen molar-refractivity contribution in [1.29, 1.82) is 0 Å². The highest BCUT2D eigenvalue weighted by Gasteiger charge is 2.34. The summed E-state index contributed by atoms with van der Waals surface area (Å²) >= 11 is 0. The Morgan fingerprint density at radius 3 is 2.88 bits per heavy atom. The van der Waals surface area contributed by atoms with Crippen LogP contribution in [0.25, 0.3) is 0 Å². The number of nitrogens with one attached hydrogen (secondary N) is 1. The van der Waals surface area contributed by atoms with Gasteiger partial charge in [-0.1, -0.05) is 13.3 Å². The lowest BCUT2D eigenvalue weighted by Gasteiger charge is -2.35. The van der Waals surface area contributed by atoms with Gasteiger partial charge in [-0.2, -0.15) is 0 Å². The van der Waals surface area contributed by atoms with E-state index < -0.39 is 12.1 Å². The van der Waals surface area contributed by atoms with Gasteiger partial charge in [0.25, 0.3) is 0 Å². The Bertz CT molecular complexity index is 283. The number of hydrogen-bond donors (Lipinski definition) is 2. The normalized spacial score (nSPS) is 22.1. The van der Waals surface area contributed by atoms with Crippen molar-refractivity contribution in [1.82, 2.24) is 10.2 Å². The van der Waals surface area contributed by atoms with Crippen LogP contribution in [0, 0.1) is 0 Å². The van der Waals surface area contributed by atoms with Gasteiger partial charge in [-0.25, -0.2) is 0 Å². The van der Waals surface area contributed by atoms with Crippen molar-refractivity contribution in [2.75, 3.05) is 26.8 Å². The molecule has 1 aliphatic rings. The van der Waals surface area contributed by atoms with E-state index in [0.717, 1.165) is 6.42 Å². The number of ether oxygens (including phenoxy) is 1. The van der Waals surface area contributed by atoms with E-state index in [9.17, 15) is 9.59 Å². The van der Waals surface area contributed by atoms with Crippen molar-refractivity contribution >= 4 is 11.8 Å². The zero-order valence-corrected chi connectivity index (χ0v) is 10.4. The Morgan fingerprint density at radius 2 is 2.29 bits per heavy atom. The summed E-state index contributed by atoms with van der Waals surface area (Å²) in [6.07, 6.45) is 1.48. The van der Waals surface area contributed by atoms with Crippen LogP contribution in [0.4, 0.5) is 0 Å². The van der Waals surface area contributed by atoms with Gasteiger partial charge in [-0.15, -0.1) is 0 Å². The Hall–Kier alpha value is -1.14. The molecule has 1 rings (SSSR count). The summed E-state index contributed by atoms with van der Waals surface area (Å²) in [7, 11) is 1.55. The van der Waals surface area contributed by atoms with Crippen molar-refractivity contribution in [3.63, 3.8) is 0 Å². The minimum atomic E-state index is -0.552. The number of carbonyl (C=O) groups excluding carboxylic acids is 2. The highest BCUT2D eigenvalue weighted by molar-refractivity contribution is 5.89. The monoisotopic (exact) mass is 243 g/mol. The van der Waals surface area contributed by atoms with Crippen LogP contribution in [0.1, 0.15) is 19.8 Å². The molecule has 1 heterocycles. The first-order valence-corrected chi connectivity index (χ1v) is 5.97. The van der Waals surface area contributed by atoms with Crippen molar-refractivity contribution in [3.8, 4) is 0 Å². The lowest BCUT2D eigenvalue weighted by atomic mass is 10.1. The molecular weight excluding hydrogens is 222 g/mol. The predicted molar refractivity (Wildman–Crippen MR) is 63.3 cm³/mol. The molecule has 2 amide bonds. The van der Waals surface area contributed by atoms with Crippen molar-refractivity contribution < 1.29 is 14.3 Å². The van der Waals surface area contributed by atoms with Gasteiger partial charge in [0.2, 0.25) is 11.8 Å². The molecule has 0 saturated carbocycles. The highest BCUT2D eigenvalue weighted by atomic mass is 16.5. The molecule has 0 bridgehead atoms. The quantitative estimate of drug-likeness (QED) is 0.669. The van der Waals surface area contributed by atoms with E-state index in [4.69, 9.17) is 10.5 Å². The molecule has 0 aromatic carbocycles. The first-order chi connectivity index (χ1) is 8.11. The summed E-state index contributed by atoms with van der Waals surface area (Å²) in [5, 5.41) is 2.54. The third-order valence-electron chi connectivity index (χ3n) is 2.88. The zero-order chi connectivity index (χ0) is 12.8. The molecule has 0 aromatic heterocycles. The summed E-state index contributed by atoms with van der Waals surface area (Å²) in [6, 6.07) is -1.07. The van der Waals surface area contributed by atoms with Crippen LogP contribution in [-0.4, -0.2) is 55.6 Å². The van der Waals surface area contributed by atoms with Gasteiger partial charge in [-0.05, 0) is 6.42 Å². The Labute approximate surface area is 101 Å². The molecule has 17 heavy (non-hydrogen) atoms. The largest absolute Gasteiger partial charge is 0.377 e. The maximum absolute atomic E-state index is 12.1. The van der Waals surface area contributed by atoms with Crippen LogP contribution < -0.4 is 11.1 Å². The number of morpholine rings is 1. The molecule has 6 heteroatoms. The van der Waals surface area contributed by atoms with Gasteiger partial charge < -0.3 is 20.7 Å². The SMILES string of the molecule is CCC[C@@H](N)C(=O)N1CCOCC1C(=O)NC. The van der Waals surface area contributed by atoms with E-state index in [-0.39, 0.29) is 18.4 Å². The van der Waals surface area contributed by atoms with Gasteiger partial charge in [0.1, 0.15) is 6.04 Å². The maximum Gasteiger partial charge on any atom is 0.244 e. The molecule has 1 saturated heterocycles. The van der Waals surface area contributed by atoms with Gasteiger partial charge in [0, 0.05) is 13.6 Å². The fourth-order valence-corrected chi connectivity index (χ4v) is 1.90. The lowest BCUT2D eigenvalue weighted by molar-refractivity contribution is -0.149. The number of hydrogen-bond acceptors (Lipinski definition) is 4. The second-order valence-corrected chi connectivity index (χ2v) is 4.13. The summed E-state index contributed by atoms with van der Waals surface area (Å²) < 4.78 is 5.23. The van der Waals surface area contributed by atoms with Crippen LogP contribution in [0.15, 0.2) is 0 Å². The van der Waals surface area contributed by atoms with Crippen LogP contribution >= 0.6 is 0 Å². The average molecular weight is 243 g/mol. The molecule has 6 nitrogen and oxygen atoms in total. The van der Waals surface area contributed by atoms with Crippen LogP contribution in [-0.2, 0) is 14.3 Å². The Morgan fingerprint density at radius 1 is 1.59 bits per heavy atom. The van der Waals surface area contributed by atoms with E-state index >= 15 is 0 Å². The molecule has 0 radical (unpaired) electrons. The Balaban J connectivity index is 2.70. The molecule has 0 spiro atoms. The number of likely N-dealkylation sites (N-methyl/N-ethyl adjacent to an activating group) is 1. The fourth-order valence-electron chi connectivity index (χ4n) is 1.90. The number of nitrogens with two attached hydrogens (primary N) is 1. The summed E-state index contributed by atoms with van der Waals surface area (Å²) in [6.45, 7) is 3.10. The minimum absolute atomic E-state index is 0.163. The lowest BCUT2D eigenvalue weighted by Crippen LogP contribution is -2.58. The van der Waals surface area contributed by atoms with Crippen molar-refractivity contribution in [3.05, 3.63) is 0 Å². The molecule has 3 N–H and O–H groups in total. The molecule has 98 valence electrons. The summed E-state index contributed by atoms with van der Waals surface area (Å²) in [4.78, 5) is 25.3. The van der Waals surface area contributed by atoms with Crippen LogP contribution in [0.3, 0.4) is 0 Å². The standard InChI is InChI=1S/C11H21N3O3/c1-3-4-8(12)11(16)14-5-6-17-7-9(14)10(15)13-2/h8-9H,3-7,12H2,1-2H3,(H,13,15)/t8-,9?/m1/s1. The highest BCUT2D eigenvalue weighted by Crippen LogP contribution is 2.10. The van der Waals surface area contributed by atoms with Gasteiger partial charge in [0.05, 0.1) is 19.3 Å². The van der Waals surface area contributed by atoms with Crippen LogP contribution in [0.2, 0.25) is 0 Å². The first-order valence-electron chi connectivity index (χ1n) is 5.97.